The second-order valence-corrected chi connectivity index (χ2v) is 6.60. The Kier molecular flexibility index (Phi) is 4.36. The second-order valence-electron chi connectivity index (χ2n) is 4.82. The zero-order valence-electron chi connectivity index (χ0n) is 12.3. The maximum Gasteiger partial charge on any atom is 0.271 e. The normalized spacial score (nSPS) is 10.6. The van der Waals surface area contributed by atoms with Crippen LogP contribution in [0.1, 0.15) is 15.4 Å². The van der Waals surface area contributed by atoms with Crippen LogP contribution in [0.4, 0.5) is 15.8 Å². The van der Waals surface area contributed by atoms with Gasteiger partial charge < -0.3 is 5.32 Å². The lowest BCUT2D eigenvalue weighted by atomic mass is 10.2. The summed E-state index contributed by atoms with van der Waals surface area (Å²) in [5.41, 5.74) is 0.893. The van der Waals surface area contributed by atoms with E-state index in [1.807, 2.05) is 16.8 Å². The van der Waals surface area contributed by atoms with Crippen molar-refractivity contribution in [1.82, 2.24) is 4.98 Å². The molecule has 0 aliphatic carbocycles. The summed E-state index contributed by atoms with van der Waals surface area (Å²) >= 11 is 2.71. The van der Waals surface area contributed by atoms with Crippen LogP contribution in [-0.4, -0.2) is 15.8 Å². The third-order valence-corrected chi connectivity index (χ3v) is 5.07. The van der Waals surface area contributed by atoms with Gasteiger partial charge in [0.15, 0.2) is 0 Å². The Labute approximate surface area is 143 Å². The van der Waals surface area contributed by atoms with Gasteiger partial charge in [-0.2, -0.15) is 11.3 Å². The zero-order chi connectivity index (χ0) is 17.3. The number of carbonyl (C=O) groups excluding carboxylic acids is 1. The van der Waals surface area contributed by atoms with Crippen LogP contribution >= 0.6 is 22.7 Å². The Hall–Kier alpha value is -2.65. The van der Waals surface area contributed by atoms with E-state index >= 15 is 0 Å². The maximum absolute atomic E-state index is 13.8. The molecule has 1 aromatic carbocycles. The summed E-state index contributed by atoms with van der Waals surface area (Å²) < 4.78 is 13.8. The van der Waals surface area contributed by atoms with Gasteiger partial charge in [0.25, 0.3) is 11.6 Å². The molecule has 3 rings (SSSR count). The fourth-order valence-corrected chi connectivity index (χ4v) is 3.69. The molecule has 0 aliphatic heterocycles. The summed E-state index contributed by atoms with van der Waals surface area (Å²) in [6.07, 6.45) is 0. The lowest BCUT2D eigenvalue weighted by Crippen LogP contribution is -2.13. The molecule has 0 spiro atoms. The minimum Gasteiger partial charge on any atom is -0.318 e. The van der Waals surface area contributed by atoms with Gasteiger partial charge in [-0.15, -0.1) is 11.3 Å². The van der Waals surface area contributed by atoms with Crippen molar-refractivity contribution in [2.45, 2.75) is 6.92 Å². The van der Waals surface area contributed by atoms with Gasteiger partial charge in [0, 0.05) is 23.1 Å². The molecule has 0 saturated heterocycles. The molecule has 2 heterocycles. The Morgan fingerprint density at radius 1 is 1.38 bits per heavy atom. The van der Waals surface area contributed by atoms with Gasteiger partial charge >= 0.3 is 0 Å². The van der Waals surface area contributed by atoms with Crippen LogP contribution in [-0.2, 0) is 0 Å². The number of thiophene rings is 1. The van der Waals surface area contributed by atoms with Crippen molar-refractivity contribution in [3.63, 3.8) is 0 Å². The SMILES string of the molecule is Cc1nc(-c2ccsc2)sc1C(=O)Nc1cc([N+](=O)[O-])ccc1F. The van der Waals surface area contributed by atoms with Crippen molar-refractivity contribution in [2.24, 2.45) is 0 Å². The first kappa shape index (κ1) is 16.2. The van der Waals surface area contributed by atoms with E-state index in [0.717, 1.165) is 23.8 Å². The van der Waals surface area contributed by atoms with Crippen molar-refractivity contribution in [2.75, 3.05) is 5.32 Å². The van der Waals surface area contributed by atoms with Crippen LogP contribution in [0.25, 0.3) is 10.6 Å². The molecule has 3 aromatic rings. The van der Waals surface area contributed by atoms with E-state index in [2.05, 4.69) is 10.3 Å². The van der Waals surface area contributed by atoms with Crippen LogP contribution in [0, 0.1) is 22.9 Å². The molecule has 0 radical (unpaired) electrons. The van der Waals surface area contributed by atoms with E-state index in [1.54, 1.807) is 6.92 Å². The lowest BCUT2D eigenvalue weighted by Gasteiger charge is -2.05. The highest BCUT2D eigenvalue weighted by atomic mass is 32.1. The number of hydrogen-bond acceptors (Lipinski definition) is 6. The first-order valence-electron chi connectivity index (χ1n) is 6.71. The number of hydrogen-bond donors (Lipinski definition) is 1. The quantitative estimate of drug-likeness (QED) is 0.547. The maximum atomic E-state index is 13.8. The van der Waals surface area contributed by atoms with Crippen LogP contribution < -0.4 is 5.32 Å². The van der Waals surface area contributed by atoms with E-state index in [1.165, 1.54) is 22.7 Å². The number of nitrogens with one attached hydrogen (secondary N) is 1. The van der Waals surface area contributed by atoms with Crippen LogP contribution in [0.3, 0.4) is 0 Å². The number of nitro benzene ring substituents is 1. The average Bonchev–Trinajstić information content (AvgIpc) is 3.18. The Morgan fingerprint density at radius 2 is 2.17 bits per heavy atom. The number of anilines is 1. The van der Waals surface area contributed by atoms with E-state index in [-0.39, 0.29) is 11.4 Å². The molecule has 0 saturated carbocycles. The minimum absolute atomic E-state index is 0.237. The van der Waals surface area contributed by atoms with E-state index in [0.29, 0.717) is 15.6 Å². The van der Waals surface area contributed by atoms with E-state index in [4.69, 9.17) is 0 Å². The molecule has 0 bridgehead atoms. The molecule has 0 fully saturated rings. The zero-order valence-corrected chi connectivity index (χ0v) is 13.9. The Balaban J connectivity index is 1.88. The van der Waals surface area contributed by atoms with Gasteiger partial charge in [0.05, 0.1) is 16.3 Å². The Bertz CT molecular complexity index is 922. The van der Waals surface area contributed by atoms with E-state index in [9.17, 15) is 19.3 Å². The summed E-state index contributed by atoms with van der Waals surface area (Å²) in [7, 11) is 0. The molecule has 0 atom stereocenters. The highest BCUT2D eigenvalue weighted by Gasteiger charge is 2.19. The van der Waals surface area contributed by atoms with Crippen molar-refractivity contribution in [1.29, 1.82) is 0 Å². The number of amides is 1. The number of benzene rings is 1. The van der Waals surface area contributed by atoms with Crippen molar-refractivity contribution < 1.29 is 14.1 Å². The predicted octanol–water partition coefficient (Wildman–Crippen LogP) is 4.48. The van der Waals surface area contributed by atoms with Crippen LogP contribution in [0.5, 0.6) is 0 Å². The van der Waals surface area contributed by atoms with Crippen LogP contribution in [0.2, 0.25) is 0 Å². The number of aromatic nitrogens is 1. The molecular weight excluding hydrogens is 353 g/mol. The first-order chi connectivity index (χ1) is 11.5. The fourth-order valence-electron chi connectivity index (χ4n) is 2.02. The van der Waals surface area contributed by atoms with Crippen LogP contribution in [0.15, 0.2) is 35.0 Å². The highest BCUT2D eigenvalue weighted by molar-refractivity contribution is 7.17. The van der Waals surface area contributed by atoms with Gasteiger partial charge in [-0.3, -0.25) is 14.9 Å². The summed E-state index contributed by atoms with van der Waals surface area (Å²) in [6.45, 7) is 1.69. The van der Waals surface area contributed by atoms with Crippen molar-refractivity contribution in [3.05, 3.63) is 61.5 Å². The van der Waals surface area contributed by atoms with E-state index < -0.39 is 16.6 Å². The second kappa shape index (κ2) is 6.46. The molecular formula is C15H10FN3O3S2. The summed E-state index contributed by atoms with van der Waals surface area (Å²) in [5.74, 6) is -1.29. The van der Waals surface area contributed by atoms with Gasteiger partial charge in [0.2, 0.25) is 0 Å². The van der Waals surface area contributed by atoms with Crippen molar-refractivity contribution in [3.8, 4) is 10.6 Å². The largest absolute Gasteiger partial charge is 0.318 e. The smallest absolute Gasteiger partial charge is 0.271 e. The number of halogens is 1. The van der Waals surface area contributed by atoms with Gasteiger partial charge in [-0.1, -0.05) is 0 Å². The molecule has 122 valence electrons. The van der Waals surface area contributed by atoms with Gasteiger partial charge in [-0.05, 0) is 24.4 Å². The Morgan fingerprint density at radius 3 is 2.83 bits per heavy atom. The standard InChI is InChI=1S/C15H10FN3O3S2/c1-8-13(24-15(17-8)9-4-5-23-7-9)14(20)18-12-6-10(19(21)22)2-3-11(12)16/h2-7H,1H3,(H,18,20). The molecule has 2 aromatic heterocycles. The predicted molar refractivity (Wildman–Crippen MR) is 91.2 cm³/mol. The molecule has 6 nitrogen and oxygen atoms in total. The molecule has 0 aliphatic rings. The van der Waals surface area contributed by atoms with Gasteiger partial charge in [0.1, 0.15) is 15.7 Å². The number of thiazole rings is 1. The van der Waals surface area contributed by atoms with Gasteiger partial charge in [-0.25, -0.2) is 9.37 Å². The molecule has 1 N–H and O–H groups in total. The molecule has 24 heavy (non-hydrogen) atoms. The number of nitro groups is 1. The molecule has 0 unspecified atom stereocenters. The fraction of sp³-hybridized carbons (Fsp3) is 0.0667. The molecule has 1 amide bonds. The number of carbonyl (C=O) groups is 1. The third kappa shape index (κ3) is 3.17. The third-order valence-electron chi connectivity index (χ3n) is 3.18. The number of rotatable bonds is 4. The van der Waals surface area contributed by atoms with Crippen molar-refractivity contribution >= 4 is 40.0 Å². The molecule has 9 heteroatoms. The first-order valence-corrected chi connectivity index (χ1v) is 8.47. The monoisotopic (exact) mass is 363 g/mol. The number of aryl methyl sites for hydroxylation is 1. The minimum atomic E-state index is -0.742. The highest BCUT2D eigenvalue weighted by Crippen LogP contribution is 2.30. The topological polar surface area (TPSA) is 85.1 Å². The summed E-state index contributed by atoms with van der Waals surface area (Å²) in [4.78, 5) is 27.2. The summed E-state index contributed by atoms with van der Waals surface area (Å²) in [5, 5.41) is 17.7. The number of nitrogens with zero attached hydrogens (tertiary/aromatic N) is 2. The number of non-ortho nitro benzene ring substituents is 1. The summed E-state index contributed by atoms with van der Waals surface area (Å²) in [6, 6.07) is 4.87. The lowest BCUT2D eigenvalue weighted by molar-refractivity contribution is -0.384. The average molecular weight is 363 g/mol.